The highest BCUT2D eigenvalue weighted by Crippen LogP contribution is 2.29. The van der Waals surface area contributed by atoms with Gasteiger partial charge in [-0.1, -0.05) is 25.1 Å². The summed E-state index contributed by atoms with van der Waals surface area (Å²) < 4.78 is 16.4. The number of nitrogens with zero attached hydrogens (tertiary/aromatic N) is 1. The van der Waals surface area contributed by atoms with Crippen molar-refractivity contribution < 1.29 is 14.0 Å². The molecule has 0 aliphatic carbocycles. The Balaban J connectivity index is 2.04. The Morgan fingerprint density at radius 3 is 2.71 bits per heavy atom. The Bertz CT molecular complexity index is 538. The number of benzene rings is 1. The summed E-state index contributed by atoms with van der Waals surface area (Å²) in [5.41, 5.74) is 1.17. The van der Waals surface area contributed by atoms with E-state index in [4.69, 9.17) is 14.0 Å². The highest BCUT2D eigenvalue weighted by atomic mass is 16.5. The molecule has 5 nitrogen and oxygen atoms in total. The molecule has 1 aromatic heterocycles. The van der Waals surface area contributed by atoms with E-state index in [9.17, 15) is 0 Å². The van der Waals surface area contributed by atoms with Gasteiger partial charge in [0.25, 0.3) is 0 Å². The van der Waals surface area contributed by atoms with Crippen LogP contribution in [0.2, 0.25) is 0 Å². The zero-order valence-corrected chi connectivity index (χ0v) is 12.8. The van der Waals surface area contributed by atoms with Crippen LogP contribution in [-0.4, -0.2) is 17.8 Å². The van der Waals surface area contributed by atoms with Gasteiger partial charge in [0.05, 0.1) is 12.8 Å². The zero-order chi connectivity index (χ0) is 15.1. The average molecular weight is 290 g/mol. The monoisotopic (exact) mass is 290 g/mol. The Labute approximate surface area is 125 Å². The number of rotatable bonds is 8. The van der Waals surface area contributed by atoms with E-state index in [-0.39, 0.29) is 0 Å². The standard InChI is InChI=1S/C16H22N2O3/c1-4-19-16-9-13(10-17-12(2)3)5-6-15(16)20-11-14-7-8-18-21-14/h5-9,12,17H,4,10-11H2,1-3H3. The first-order chi connectivity index (χ1) is 10.2. The first kappa shape index (κ1) is 15.4. The summed E-state index contributed by atoms with van der Waals surface area (Å²) in [6.07, 6.45) is 1.60. The van der Waals surface area contributed by atoms with Gasteiger partial charge >= 0.3 is 0 Å². The van der Waals surface area contributed by atoms with Crippen molar-refractivity contribution in [3.05, 3.63) is 41.8 Å². The largest absolute Gasteiger partial charge is 0.490 e. The van der Waals surface area contributed by atoms with E-state index in [0.717, 1.165) is 12.3 Å². The third kappa shape index (κ3) is 4.79. The molecule has 0 saturated heterocycles. The molecule has 5 heteroatoms. The average Bonchev–Trinajstić information content (AvgIpc) is 2.97. The van der Waals surface area contributed by atoms with Gasteiger partial charge < -0.3 is 19.3 Å². The molecule has 2 rings (SSSR count). The van der Waals surface area contributed by atoms with E-state index < -0.39 is 0 Å². The van der Waals surface area contributed by atoms with Gasteiger partial charge in [-0.25, -0.2) is 0 Å². The molecule has 2 aromatic rings. The van der Waals surface area contributed by atoms with E-state index in [1.807, 2.05) is 25.1 Å². The van der Waals surface area contributed by atoms with Crippen LogP contribution in [0.4, 0.5) is 0 Å². The van der Waals surface area contributed by atoms with Gasteiger partial charge in [-0.15, -0.1) is 0 Å². The van der Waals surface area contributed by atoms with E-state index in [1.54, 1.807) is 12.3 Å². The lowest BCUT2D eigenvalue weighted by molar-refractivity contribution is 0.233. The van der Waals surface area contributed by atoms with E-state index >= 15 is 0 Å². The maximum Gasteiger partial charge on any atom is 0.174 e. The number of aromatic nitrogens is 1. The molecule has 0 atom stereocenters. The molecule has 1 heterocycles. The normalized spacial score (nSPS) is 10.9. The fourth-order valence-corrected chi connectivity index (χ4v) is 1.84. The molecule has 0 aliphatic heterocycles. The summed E-state index contributed by atoms with van der Waals surface area (Å²) in [7, 11) is 0. The minimum absolute atomic E-state index is 0.337. The summed E-state index contributed by atoms with van der Waals surface area (Å²) in [5, 5.41) is 7.04. The van der Waals surface area contributed by atoms with Crippen LogP contribution in [0.15, 0.2) is 35.0 Å². The first-order valence-corrected chi connectivity index (χ1v) is 7.20. The van der Waals surface area contributed by atoms with Crippen LogP contribution in [0, 0.1) is 0 Å². The molecule has 0 saturated carbocycles. The van der Waals surface area contributed by atoms with Crippen molar-refractivity contribution in [3.63, 3.8) is 0 Å². The molecule has 1 N–H and O–H groups in total. The third-order valence-electron chi connectivity index (χ3n) is 2.88. The number of hydrogen-bond acceptors (Lipinski definition) is 5. The van der Waals surface area contributed by atoms with Crippen molar-refractivity contribution in [2.45, 2.75) is 40.0 Å². The lowest BCUT2D eigenvalue weighted by Crippen LogP contribution is -2.21. The number of ether oxygens (including phenoxy) is 2. The molecule has 0 spiro atoms. The fraction of sp³-hybridized carbons (Fsp3) is 0.438. The smallest absolute Gasteiger partial charge is 0.174 e. The summed E-state index contributed by atoms with van der Waals surface area (Å²) in [4.78, 5) is 0. The molecule has 114 valence electrons. The van der Waals surface area contributed by atoms with Crippen molar-refractivity contribution in [1.29, 1.82) is 0 Å². The van der Waals surface area contributed by atoms with Gasteiger partial charge in [-0.3, -0.25) is 0 Å². The summed E-state index contributed by atoms with van der Waals surface area (Å²) in [5.74, 6) is 2.14. The predicted octanol–water partition coefficient (Wildman–Crippen LogP) is 3.15. The fourth-order valence-electron chi connectivity index (χ4n) is 1.84. The van der Waals surface area contributed by atoms with Gasteiger partial charge in [0.2, 0.25) is 0 Å². The maximum absolute atomic E-state index is 5.74. The molecule has 0 amide bonds. The van der Waals surface area contributed by atoms with E-state index in [0.29, 0.717) is 30.8 Å². The Hall–Kier alpha value is -2.01. The molecule has 0 radical (unpaired) electrons. The van der Waals surface area contributed by atoms with Gasteiger partial charge in [-0.2, -0.15) is 0 Å². The minimum atomic E-state index is 0.337. The van der Waals surface area contributed by atoms with Gasteiger partial charge in [-0.05, 0) is 24.6 Å². The number of hydrogen-bond donors (Lipinski definition) is 1. The van der Waals surface area contributed by atoms with Crippen molar-refractivity contribution >= 4 is 0 Å². The van der Waals surface area contributed by atoms with Crippen LogP contribution in [0.1, 0.15) is 32.1 Å². The quantitative estimate of drug-likeness (QED) is 0.809. The van der Waals surface area contributed by atoms with Crippen LogP contribution in [0.25, 0.3) is 0 Å². The zero-order valence-electron chi connectivity index (χ0n) is 12.8. The predicted molar refractivity (Wildman–Crippen MR) is 80.4 cm³/mol. The molecule has 1 aromatic carbocycles. The van der Waals surface area contributed by atoms with Gasteiger partial charge in [0.1, 0.15) is 6.61 Å². The van der Waals surface area contributed by atoms with Crippen molar-refractivity contribution in [3.8, 4) is 11.5 Å². The molecular formula is C16H22N2O3. The lowest BCUT2D eigenvalue weighted by Gasteiger charge is -2.14. The van der Waals surface area contributed by atoms with E-state index in [1.165, 1.54) is 5.56 Å². The molecule has 21 heavy (non-hydrogen) atoms. The van der Waals surface area contributed by atoms with Crippen LogP contribution in [0.3, 0.4) is 0 Å². The van der Waals surface area contributed by atoms with Crippen molar-refractivity contribution in [1.82, 2.24) is 10.5 Å². The second-order valence-electron chi connectivity index (χ2n) is 5.02. The van der Waals surface area contributed by atoms with Crippen molar-refractivity contribution in [2.75, 3.05) is 6.61 Å². The minimum Gasteiger partial charge on any atom is -0.490 e. The third-order valence-corrected chi connectivity index (χ3v) is 2.88. The van der Waals surface area contributed by atoms with Gasteiger partial charge in [0, 0.05) is 18.7 Å². The lowest BCUT2D eigenvalue weighted by atomic mass is 10.2. The van der Waals surface area contributed by atoms with E-state index in [2.05, 4.69) is 24.3 Å². The van der Waals surface area contributed by atoms with Crippen LogP contribution >= 0.6 is 0 Å². The summed E-state index contributed by atoms with van der Waals surface area (Å²) >= 11 is 0. The van der Waals surface area contributed by atoms with Crippen LogP contribution < -0.4 is 14.8 Å². The SMILES string of the molecule is CCOc1cc(CNC(C)C)ccc1OCc1ccno1. The Morgan fingerprint density at radius 2 is 2.05 bits per heavy atom. The molecular weight excluding hydrogens is 268 g/mol. The second kappa shape index (κ2) is 7.69. The Morgan fingerprint density at radius 1 is 1.19 bits per heavy atom. The van der Waals surface area contributed by atoms with Crippen LogP contribution in [-0.2, 0) is 13.2 Å². The molecule has 0 bridgehead atoms. The summed E-state index contributed by atoms with van der Waals surface area (Å²) in [6, 6.07) is 8.20. The first-order valence-electron chi connectivity index (χ1n) is 7.20. The topological polar surface area (TPSA) is 56.5 Å². The number of nitrogens with one attached hydrogen (secondary N) is 1. The Kier molecular flexibility index (Phi) is 5.63. The van der Waals surface area contributed by atoms with Crippen LogP contribution in [0.5, 0.6) is 11.5 Å². The summed E-state index contributed by atoms with van der Waals surface area (Å²) in [6.45, 7) is 7.94. The van der Waals surface area contributed by atoms with Gasteiger partial charge in [0.15, 0.2) is 17.3 Å². The molecule has 0 aliphatic rings. The molecule has 0 fully saturated rings. The second-order valence-corrected chi connectivity index (χ2v) is 5.02. The van der Waals surface area contributed by atoms with Crippen molar-refractivity contribution in [2.24, 2.45) is 0 Å². The molecule has 0 unspecified atom stereocenters. The highest BCUT2D eigenvalue weighted by molar-refractivity contribution is 5.43. The highest BCUT2D eigenvalue weighted by Gasteiger charge is 2.08. The maximum atomic E-state index is 5.74.